The number of hydrogen-bond donors (Lipinski definition) is 2. The predicted octanol–water partition coefficient (Wildman–Crippen LogP) is 1.65. The zero-order chi connectivity index (χ0) is 18.4. The van der Waals surface area contributed by atoms with Gasteiger partial charge in [0.15, 0.2) is 0 Å². The largest absolute Gasteiger partial charge is 0.358 e. The number of hydrogen-bond acceptors (Lipinski definition) is 4. The zero-order valence-corrected chi connectivity index (χ0v) is 15.7. The first-order valence-electron chi connectivity index (χ1n) is 9.84. The minimum Gasteiger partial charge on any atom is -0.358 e. The number of pyridine rings is 1. The van der Waals surface area contributed by atoms with Gasteiger partial charge in [-0.1, -0.05) is 25.3 Å². The van der Waals surface area contributed by atoms with Crippen molar-refractivity contribution in [2.24, 2.45) is 0 Å². The summed E-state index contributed by atoms with van der Waals surface area (Å²) in [4.78, 5) is 32.1. The van der Waals surface area contributed by atoms with Gasteiger partial charge < -0.3 is 10.6 Å². The predicted molar refractivity (Wildman–Crippen MR) is 101 cm³/mol. The number of amides is 2. The molecule has 2 fully saturated rings. The molecule has 1 saturated heterocycles. The Morgan fingerprint density at radius 3 is 2.73 bits per heavy atom. The van der Waals surface area contributed by atoms with Crippen molar-refractivity contribution in [3.63, 3.8) is 0 Å². The third kappa shape index (κ3) is 3.90. The number of rotatable bonds is 6. The Balaban J connectivity index is 1.64. The maximum Gasteiger partial charge on any atom is 0.240 e. The first kappa shape index (κ1) is 18.8. The summed E-state index contributed by atoms with van der Waals surface area (Å²) in [6, 6.07) is 5.62. The minimum absolute atomic E-state index is 0.0484. The van der Waals surface area contributed by atoms with Crippen LogP contribution in [0.2, 0.25) is 0 Å². The quantitative estimate of drug-likeness (QED) is 0.811. The Hall–Kier alpha value is -1.95. The van der Waals surface area contributed by atoms with Crippen molar-refractivity contribution in [1.29, 1.82) is 0 Å². The molecule has 1 aromatic rings. The number of nitrogens with one attached hydrogen (secondary N) is 2. The second-order valence-corrected chi connectivity index (χ2v) is 7.38. The van der Waals surface area contributed by atoms with Crippen LogP contribution < -0.4 is 10.6 Å². The van der Waals surface area contributed by atoms with E-state index in [1.165, 1.54) is 6.42 Å². The van der Waals surface area contributed by atoms with Gasteiger partial charge in [0.25, 0.3) is 0 Å². The fourth-order valence-corrected chi connectivity index (χ4v) is 4.54. The average molecular weight is 358 g/mol. The Labute approximate surface area is 155 Å². The Kier molecular flexibility index (Phi) is 6.25. The van der Waals surface area contributed by atoms with E-state index in [2.05, 4.69) is 20.5 Å². The number of carbonyl (C=O) groups excluding carboxylic acids is 2. The highest BCUT2D eigenvalue weighted by molar-refractivity contribution is 5.88. The molecule has 142 valence electrons. The van der Waals surface area contributed by atoms with E-state index < -0.39 is 5.54 Å². The molecule has 1 atom stereocenters. The summed E-state index contributed by atoms with van der Waals surface area (Å²) in [6.07, 6.45) is 9.27. The van der Waals surface area contributed by atoms with E-state index in [-0.39, 0.29) is 17.9 Å². The van der Waals surface area contributed by atoms with Gasteiger partial charge in [0.2, 0.25) is 11.8 Å². The Morgan fingerprint density at radius 2 is 2.04 bits per heavy atom. The molecule has 2 aliphatic rings. The molecule has 3 rings (SSSR count). The van der Waals surface area contributed by atoms with Crippen LogP contribution in [0.4, 0.5) is 0 Å². The number of likely N-dealkylation sites (N-methyl/N-ethyl adjacent to an activating group) is 1. The molecule has 0 aromatic carbocycles. The number of nitrogens with zero attached hydrogens (tertiary/aromatic N) is 2. The molecule has 26 heavy (non-hydrogen) atoms. The van der Waals surface area contributed by atoms with E-state index in [9.17, 15) is 9.59 Å². The van der Waals surface area contributed by atoms with Crippen molar-refractivity contribution in [2.75, 3.05) is 20.1 Å². The van der Waals surface area contributed by atoms with Gasteiger partial charge in [-0.15, -0.1) is 0 Å². The van der Waals surface area contributed by atoms with Crippen molar-refractivity contribution in [3.05, 3.63) is 30.1 Å². The zero-order valence-electron chi connectivity index (χ0n) is 15.7. The molecular formula is C20H30N4O2. The first-order chi connectivity index (χ1) is 12.7. The first-order valence-corrected chi connectivity index (χ1v) is 9.84. The maximum absolute atomic E-state index is 12.8. The minimum atomic E-state index is -0.507. The van der Waals surface area contributed by atoms with Gasteiger partial charge in [-0.05, 0) is 37.8 Å². The van der Waals surface area contributed by atoms with E-state index in [1.54, 1.807) is 13.2 Å². The summed E-state index contributed by atoms with van der Waals surface area (Å²) in [7, 11) is 1.71. The third-order valence-electron chi connectivity index (χ3n) is 5.84. The van der Waals surface area contributed by atoms with E-state index in [1.807, 2.05) is 18.2 Å². The Morgan fingerprint density at radius 1 is 1.23 bits per heavy atom. The van der Waals surface area contributed by atoms with Crippen LogP contribution in [0.3, 0.4) is 0 Å². The average Bonchev–Trinajstić information content (AvgIpc) is 3.19. The lowest BCUT2D eigenvalue weighted by atomic mass is 9.79. The maximum atomic E-state index is 12.8. The normalized spacial score (nSPS) is 22.7. The van der Waals surface area contributed by atoms with Crippen LogP contribution in [0.15, 0.2) is 24.4 Å². The van der Waals surface area contributed by atoms with Crippen molar-refractivity contribution in [3.8, 4) is 0 Å². The van der Waals surface area contributed by atoms with Crippen LogP contribution in [-0.2, 0) is 16.0 Å². The molecule has 1 aliphatic carbocycles. The van der Waals surface area contributed by atoms with Crippen LogP contribution in [0.25, 0.3) is 0 Å². The molecule has 6 nitrogen and oxygen atoms in total. The molecule has 0 spiro atoms. The van der Waals surface area contributed by atoms with Crippen LogP contribution in [-0.4, -0.2) is 53.4 Å². The fourth-order valence-electron chi connectivity index (χ4n) is 4.54. The highest BCUT2D eigenvalue weighted by Gasteiger charge is 2.49. The third-order valence-corrected chi connectivity index (χ3v) is 5.84. The van der Waals surface area contributed by atoms with Crippen molar-refractivity contribution in [1.82, 2.24) is 20.5 Å². The number of likely N-dealkylation sites (tertiary alicyclic amines) is 1. The van der Waals surface area contributed by atoms with Gasteiger partial charge in [-0.2, -0.15) is 0 Å². The van der Waals surface area contributed by atoms with Gasteiger partial charge in [-0.25, -0.2) is 0 Å². The standard InChI is InChI=1S/C20H30N4O2/c1-21-19(26)20(11-4-2-5-12-20)24-15-7-9-17(24)18(25)23-14-10-16-8-3-6-13-22-16/h3,6,8,13,17H,2,4-5,7,9-12,14-15H2,1H3,(H,21,26)(H,23,25)/t17-/m0/s1. The SMILES string of the molecule is CNC(=O)C1(N2CCC[C@H]2C(=O)NCCc2ccccn2)CCCCC1. The van der Waals surface area contributed by atoms with Crippen LogP contribution in [0.1, 0.15) is 50.6 Å². The second kappa shape index (κ2) is 8.62. The Bertz CT molecular complexity index is 613. The molecule has 1 aliphatic heterocycles. The van der Waals surface area contributed by atoms with Gasteiger partial charge in [-0.3, -0.25) is 19.5 Å². The molecule has 2 N–H and O–H groups in total. The molecule has 2 amide bonds. The monoisotopic (exact) mass is 358 g/mol. The lowest BCUT2D eigenvalue weighted by Crippen LogP contribution is -2.62. The summed E-state index contributed by atoms with van der Waals surface area (Å²) in [5.41, 5.74) is 0.470. The summed E-state index contributed by atoms with van der Waals surface area (Å²) in [5.74, 6) is 0.123. The van der Waals surface area contributed by atoms with Crippen molar-refractivity contribution >= 4 is 11.8 Å². The molecule has 2 heterocycles. The second-order valence-electron chi connectivity index (χ2n) is 7.38. The summed E-state index contributed by atoms with van der Waals surface area (Å²) < 4.78 is 0. The molecule has 0 radical (unpaired) electrons. The van der Waals surface area contributed by atoms with E-state index in [4.69, 9.17) is 0 Å². The van der Waals surface area contributed by atoms with E-state index in [0.29, 0.717) is 6.54 Å². The van der Waals surface area contributed by atoms with Gasteiger partial charge in [0.05, 0.1) is 6.04 Å². The number of aromatic nitrogens is 1. The smallest absolute Gasteiger partial charge is 0.240 e. The van der Waals surface area contributed by atoms with Gasteiger partial charge in [0.1, 0.15) is 5.54 Å². The van der Waals surface area contributed by atoms with Crippen molar-refractivity contribution < 1.29 is 9.59 Å². The molecule has 6 heteroatoms. The van der Waals surface area contributed by atoms with Crippen LogP contribution in [0.5, 0.6) is 0 Å². The molecule has 0 unspecified atom stereocenters. The lowest BCUT2D eigenvalue weighted by molar-refractivity contribution is -0.140. The molecule has 0 bridgehead atoms. The summed E-state index contributed by atoms with van der Waals surface area (Å²) >= 11 is 0. The van der Waals surface area contributed by atoms with Gasteiger partial charge >= 0.3 is 0 Å². The topological polar surface area (TPSA) is 74.3 Å². The van der Waals surface area contributed by atoms with E-state index >= 15 is 0 Å². The molecular weight excluding hydrogens is 328 g/mol. The lowest BCUT2D eigenvalue weighted by Gasteiger charge is -2.45. The van der Waals surface area contributed by atoms with Gasteiger partial charge in [0, 0.05) is 38.4 Å². The molecule has 1 aromatic heterocycles. The fraction of sp³-hybridized carbons (Fsp3) is 0.650. The summed E-state index contributed by atoms with van der Waals surface area (Å²) in [6.45, 7) is 1.40. The van der Waals surface area contributed by atoms with Crippen molar-refractivity contribution in [2.45, 2.75) is 62.9 Å². The summed E-state index contributed by atoms with van der Waals surface area (Å²) in [5, 5.41) is 5.92. The van der Waals surface area contributed by atoms with Crippen LogP contribution >= 0.6 is 0 Å². The highest BCUT2D eigenvalue weighted by Crippen LogP contribution is 2.38. The highest BCUT2D eigenvalue weighted by atomic mass is 16.2. The molecule has 1 saturated carbocycles. The van der Waals surface area contributed by atoms with Crippen LogP contribution in [0, 0.1) is 0 Å². The van der Waals surface area contributed by atoms with E-state index in [0.717, 1.165) is 57.2 Å². The number of carbonyl (C=O) groups is 2.